The Morgan fingerprint density at radius 1 is 0.982 bits per heavy atom. The number of anilines is 1. The third-order valence-electron chi connectivity index (χ3n) is 8.92. The van der Waals surface area contributed by atoms with E-state index in [9.17, 15) is 44.1 Å². The summed E-state index contributed by atoms with van der Waals surface area (Å²) in [7, 11) is -11.2. The number of aliphatic hydroxyl groups is 4. The van der Waals surface area contributed by atoms with E-state index in [4.69, 9.17) is 29.9 Å². The van der Waals surface area contributed by atoms with Gasteiger partial charge in [-0.3, -0.25) is 18.5 Å². The van der Waals surface area contributed by atoms with E-state index in [2.05, 4.69) is 49.5 Å². The average Bonchev–Trinajstić information content (AvgIpc) is 3.94. The summed E-state index contributed by atoms with van der Waals surface area (Å²) in [5, 5.41) is 42.4. The second-order valence-electron chi connectivity index (χ2n) is 12.4. The number of pyridine rings is 1. The first-order valence-corrected chi connectivity index (χ1v) is 20.2. The van der Waals surface area contributed by atoms with Crippen LogP contribution in [-0.4, -0.2) is 125 Å². The number of imidazole rings is 1. The van der Waals surface area contributed by atoms with Crippen LogP contribution in [0.15, 0.2) is 53.7 Å². The van der Waals surface area contributed by atoms with Crippen LogP contribution in [0.3, 0.4) is 0 Å². The third-order valence-corrected chi connectivity index (χ3v) is 11.5. The number of hydrogen-bond acceptors (Lipinski definition) is 19. The van der Waals surface area contributed by atoms with Gasteiger partial charge in [0.15, 0.2) is 53.3 Å². The van der Waals surface area contributed by atoms with Gasteiger partial charge in [0.2, 0.25) is 0 Å². The molecule has 0 aromatic carbocycles. The van der Waals surface area contributed by atoms with Crippen LogP contribution in [0.5, 0.6) is 0 Å². The van der Waals surface area contributed by atoms with Crippen LogP contribution in [0.25, 0.3) is 22.7 Å². The molecule has 4 aromatic rings. The molecule has 9 N–H and O–H groups in total. The lowest BCUT2D eigenvalue weighted by molar-refractivity contribution is -0.765. The van der Waals surface area contributed by atoms with Crippen molar-refractivity contribution in [3.05, 3.63) is 54.8 Å². The number of fused-ring (bicyclic) bond motifs is 1. The number of carbonyl (C=O) groups excluding carboxylic acids is 1. The molecule has 308 valence electrons. The SMILES string of the molecule is CCN(CC)CC.NC(=O)c1ccc[n+]([C@@H]2O[C@H](COP(=O)([O-])OP(=O)(O)OC[C@H]3O[C@@H](n4c(-c5ccco5)nc5c(N)ncnc54)[C@H](O)[C@@H]3O)[C@@H](O)[C@H]2O)c1. The number of ether oxygens (including phenoxy) is 2. The molecule has 2 saturated heterocycles. The Morgan fingerprint density at radius 2 is 1.64 bits per heavy atom. The summed E-state index contributed by atoms with van der Waals surface area (Å²) in [5.41, 5.74) is 11.4. The molecule has 6 rings (SSSR count). The Hall–Kier alpha value is -3.77. The fraction of sp³-hybridized carbons (Fsp3) is 0.516. The molecule has 10 atom stereocenters. The molecule has 0 aliphatic carbocycles. The van der Waals surface area contributed by atoms with Gasteiger partial charge < -0.3 is 65.0 Å². The Kier molecular flexibility index (Phi) is 14.1. The number of phosphoric ester groups is 2. The molecule has 2 fully saturated rings. The Bertz CT molecular complexity index is 2030. The lowest BCUT2D eigenvalue weighted by atomic mass is 10.1. The van der Waals surface area contributed by atoms with Crippen molar-refractivity contribution in [2.75, 3.05) is 38.6 Å². The number of furan rings is 1. The van der Waals surface area contributed by atoms with Crippen molar-refractivity contribution in [3.8, 4) is 11.6 Å². The van der Waals surface area contributed by atoms with Crippen LogP contribution < -0.4 is 20.9 Å². The summed E-state index contributed by atoms with van der Waals surface area (Å²) in [6, 6.07) is 5.93. The normalized spacial score (nSPS) is 27.2. The van der Waals surface area contributed by atoms with Gasteiger partial charge in [-0.25, -0.2) is 23.8 Å². The van der Waals surface area contributed by atoms with E-state index in [1.54, 1.807) is 12.1 Å². The first-order chi connectivity index (χ1) is 26.5. The first-order valence-electron chi connectivity index (χ1n) is 17.2. The zero-order chi connectivity index (χ0) is 40.9. The van der Waals surface area contributed by atoms with E-state index in [0.717, 1.165) is 6.33 Å². The molecule has 4 aromatic heterocycles. The van der Waals surface area contributed by atoms with Crippen molar-refractivity contribution in [1.82, 2.24) is 24.4 Å². The number of rotatable bonds is 15. The number of hydrogen-bond donors (Lipinski definition) is 7. The monoisotopic (exact) mass is 830 g/mol. The fourth-order valence-corrected chi connectivity index (χ4v) is 7.97. The van der Waals surface area contributed by atoms with Crippen molar-refractivity contribution >= 4 is 38.5 Å². The van der Waals surface area contributed by atoms with Crippen LogP contribution in [-0.2, 0) is 32.0 Å². The molecule has 0 radical (unpaired) electrons. The highest BCUT2D eigenvalue weighted by atomic mass is 31.3. The molecule has 0 bridgehead atoms. The van der Waals surface area contributed by atoms with Gasteiger partial charge in [-0.15, -0.1) is 0 Å². The second kappa shape index (κ2) is 18.2. The number of nitrogens with zero attached hydrogens (tertiary/aromatic N) is 6. The smallest absolute Gasteiger partial charge is 0.478 e. The van der Waals surface area contributed by atoms with Crippen LogP contribution in [0.1, 0.15) is 43.6 Å². The molecule has 1 amide bonds. The molecule has 25 heteroatoms. The molecule has 23 nitrogen and oxygen atoms in total. The molecule has 0 spiro atoms. The topological polar surface area (TPSA) is 337 Å². The summed E-state index contributed by atoms with van der Waals surface area (Å²) in [6.07, 6.45) is -7.37. The van der Waals surface area contributed by atoms with Gasteiger partial charge in [-0.2, -0.15) is 4.57 Å². The number of amides is 1. The molecular formula is C31H44N8O15P2. The largest absolute Gasteiger partial charge is 0.756 e. The highest BCUT2D eigenvalue weighted by Crippen LogP contribution is 2.58. The zero-order valence-electron chi connectivity index (χ0n) is 30.3. The number of phosphoric acid groups is 2. The Morgan fingerprint density at radius 3 is 2.27 bits per heavy atom. The summed E-state index contributed by atoms with van der Waals surface area (Å²) >= 11 is 0. The number of aromatic nitrogens is 5. The number of carbonyl (C=O) groups is 1. The molecule has 6 heterocycles. The minimum absolute atomic E-state index is 0.00835. The molecule has 2 aliphatic rings. The fourth-order valence-electron chi connectivity index (χ4n) is 5.91. The molecule has 0 saturated carbocycles. The van der Waals surface area contributed by atoms with Crippen LogP contribution >= 0.6 is 15.6 Å². The highest BCUT2D eigenvalue weighted by Gasteiger charge is 2.50. The van der Waals surface area contributed by atoms with Crippen molar-refractivity contribution in [2.24, 2.45) is 5.73 Å². The van der Waals surface area contributed by atoms with E-state index in [0.29, 0.717) is 0 Å². The van der Waals surface area contributed by atoms with Crippen molar-refractivity contribution in [1.29, 1.82) is 0 Å². The van der Waals surface area contributed by atoms with Crippen molar-refractivity contribution in [2.45, 2.75) is 69.9 Å². The maximum atomic E-state index is 12.6. The molecule has 2 unspecified atom stereocenters. The van der Waals surface area contributed by atoms with Crippen molar-refractivity contribution in [3.63, 3.8) is 0 Å². The predicted octanol–water partition coefficient (Wildman–Crippen LogP) is -1.04. The molecule has 56 heavy (non-hydrogen) atoms. The van der Waals surface area contributed by atoms with Gasteiger partial charge in [-0.1, -0.05) is 20.8 Å². The minimum Gasteiger partial charge on any atom is -0.756 e. The van der Waals surface area contributed by atoms with E-state index in [1.165, 1.54) is 59.6 Å². The van der Waals surface area contributed by atoms with E-state index < -0.39 is 83.8 Å². The summed E-state index contributed by atoms with van der Waals surface area (Å²) in [5.74, 6) is -0.498. The standard InChI is InChI=1S/C25H29N7O15P2.C6H15N/c26-20-15-23(29-10-28-20)32(22(30-15)12-4-2-6-42-12)25-19(36)17(34)14(46-25)9-44-49(40,41)47-48(38,39)43-8-13-16(33)18(35)24(45-13)31-5-1-3-11(7-31)21(27)37;1-4-7(5-2)6-3/h1-7,10,13-14,16-19,24-25,33-36H,8-9H2,(H5-,26,27,28,29,37,38,39,40,41);4-6H2,1-3H3/t13-,14-,16-,17-,18-,19-,24-,25-;/m1./s1. The number of nitrogen functional groups attached to an aromatic ring is 1. The van der Waals surface area contributed by atoms with Crippen LogP contribution in [0, 0.1) is 0 Å². The first kappa shape index (κ1) is 43.4. The lowest BCUT2D eigenvalue weighted by Gasteiger charge is -2.26. The minimum atomic E-state index is -5.66. The summed E-state index contributed by atoms with van der Waals surface area (Å²) in [6.45, 7) is 8.18. The molecule has 2 aliphatic heterocycles. The van der Waals surface area contributed by atoms with Gasteiger partial charge in [0, 0.05) is 6.07 Å². The summed E-state index contributed by atoms with van der Waals surface area (Å²) in [4.78, 5) is 48.8. The average molecular weight is 831 g/mol. The van der Waals surface area contributed by atoms with Gasteiger partial charge in [-0.05, 0) is 37.8 Å². The van der Waals surface area contributed by atoms with Crippen molar-refractivity contribution < 1.29 is 76.0 Å². The Balaban J connectivity index is 0.000000784. The van der Waals surface area contributed by atoms with Gasteiger partial charge in [0.25, 0.3) is 20.0 Å². The quantitative estimate of drug-likeness (QED) is 0.0556. The van der Waals surface area contributed by atoms with Crippen LogP contribution in [0.2, 0.25) is 0 Å². The van der Waals surface area contributed by atoms with E-state index in [-0.39, 0.29) is 34.1 Å². The third kappa shape index (κ3) is 9.84. The van der Waals surface area contributed by atoms with E-state index >= 15 is 0 Å². The number of aliphatic hydroxyl groups excluding tert-OH is 4. The highest BCUT2D eigenvalue weighted by molar-refractivity contribution is 7.60. The van der Waals surface area contributed by atoms with Crippen LogP contribution in [0.4, 0.5) is 5.82 Å². The maximum Gasteiger partial charge on any atom is 0.478 e. The number of primary amides is 1. The predicted molar refractivity (Wildman–Crippen MR) is 188 cm³/mol. The van der Waals surface area contributed by atoms with E-state index in [1.807, 2.05) is 0 Å². The van der Waals surface area contributed by atoms with Gasteiger partial charge >= 0.3 is 7.82 Å². The second-order valence-corrected chi connectivity index (χ2v) is 15.4. The molecular weight excluding hydrogens is 786 g/mol. The maximum absolute atomic E-state index is 12.6. The zero-order valence-corrected chi connectivity index (χ0v) is 32.1. The lowest BCUT2D eigenvalue weighted by Crippen LogP contribution is -2.46. The Labute approximate surface area is 319 Å². The number of nitrogens with two attached hydrogens (primary N) is 2. The van der Waals surface area contributed by atoms with Gasteiger partial charge in [0.1, 0.15) is 42.4 Å². The van der Waals surface area contributed by atoms with Gasteiger partial charge in [0.05, 0.1) is 19.5 Å². The summed E-state index contributed by atoms with van der Waals surface area (Å²) < 4.78 is 57.7.